The van der Waals surface area contributed by atoms with Crippen molar-refractivity contribution in [2.45, 2.75) is 45.6 Å². The number of aromatic hydroxyl groups is 1. The second kappa shape index (κ2) is 10.1. The van der Waals surface area contributed by atoms with Gasteiger partial charge in [0, 0.05) is 38.1 Å². The van der Waals surface area contributed by atoms with Gasteiger partial charge in [-0.15, -0.1) is 0 Å². The van der Waals surface area contributed by atoms with Crippen LogP contribution in [-0.2, 0) is 11.2 Å². The summed E-state index contributed by atoms with van der Waals surface area (Å²) in [7, 11) is 0. The molecule has 5 nitrogen and oxygen atoms in total. The lowest BCUT2D eigenvalue weighted by atomic mass is 9.98. The highest BCUT2D eigenvalue weighted by atomic mass is 79.9. The van der Waals surface area contributed by atoms with E-state index in [0.29, 0.717) is 16.9 Å². The number of hydrogen-bond acceptors (Lipinski definition) is 4. The Balaban J connectivity index is 1.45. The van der Waals surface area contributed by atoms with Gasteiger partial charge in [-0.3, -0.25) is 9.69 Å². The number of amides is 1. The fourth-order valence-electron chi connectivity index (χ4n) is 4.56. The standard InChI is InChI=1S/C22H34BrN3O2/c1-3-8-24-9-6-19(7-10-24)25-11-13-26(14-12-25)22(28)17(2)15-18-4-5-21(27)20(23)16-18/h4-5,16-17,19,27H,3,6-15H2,1-2H3/t17-/m1/s1. The number of benzene rings is 1. The highest BCUT2D eigenvalue weighted by Crippen LogP contribution is 2.26. The van der Waals surface area contributed by atoms with Gasteiger partial charge in [0.2, 0.25) is 5.91 Å². The molecule has 2 fully saturated rings. The fraction of sp³-hybridized carbons (Fsp3) is 0.682. The zero-order valence-electron chi connectivity index (χ0n) is 17.2. The Kier molecular flexibility index (Phi) is 7.77. The topological polar surface area (TPSA) is 47.0 Å². The van der Waals surface area contributed by atoms with Crippen LogP contribution in [0, 0.1) is 5.92 Å². The van der Waals surface area contributed by atoms with Crippen molar-refractivity contribution in [3.8, 4) is 5.75 Å². The summed E-state index contributed by atoms with van der Waals surface area (Å²) < 4.78 is 0.684. The maximum atomic E-state index is 12.9. The summed E-state index contributed by atoms with van der Waals surface area (Å²) in [5.41, 5.74) is 1.07. The normalized spacial score (nSPS) is 21.0. The van der Waals surface area contributed by atoms with Crippen molar-refractivity contribution in [2.75, 3.05) is 45.8 Å². The average molecular weight is 452 g/mol. The number of phenolic OH excluding ortho intramolecular Hbond substituents is 1. The molecular formula is C22H34BrN3O2. The Bertz CT molecular complexity index is 653. The fourth-order valence-corrected chi connectivity index (χ4v) is 4.99. The summed E-state index contributed by atoms with van der Waals surface area (Å²) in [5, 5.41) is 9.64. The van der Waals surface area contributed by atoms with Crippen LogP contribution >= 0.6 is 15.9 Å². The summed E-state index contributed by atoms with van der Waals surface area (Å²) in [6, 6.07) is 6.17. The first-order valence-corrected chi connectivity index (χ1v) is 11.5. The van der Waals surface area contributed by atoms with Gasteiger partial charge in [-0.1, -0.05) is 19.9 Å². The molecule has 0 aromatic heterocycles. The molecule has 0 radical (unpaired) electrons. The van der Waals surface area contributed by atoms with Crippen molar-refractivity contribution >= 4 is 21.8 Å². The van der Waals surface area contributed by atoms with Crippen molar-refractivity contribution in [3.05, 3.63) is 28.2 Å². The Labute approximate surface area is 177 Å². The van der Waals surface area contributed by atoms with Crippen LogP contribution in [0.15, 0.2) is 22.7 Å². The molecule has 2 aliphatic rings. The molecule has 0 spiro atoms. The Morgan fingerprint density at radius 3 is 2.46 bits per heavy atom. The third-order valence-electron chi connectivity index (χ3n) is 6.21. The smallest absolute Gasteiger partial charge is 0.225 e. The zero-order valence-corrected chi connectivity index (χ0v) is 18.8. The largest absolute Gasteiger partial charge is 0.507 e. The summed E-state index contributed by atoms with van der Waals surface area (Å²) in [5.74, 6) is 0.446. The third kappa shape index (κ3) is 5.49. The van der Waals surface area contributed by atoms with Crippen LogP contribution < -0.4 is 0 Å². The molecule has 1 aromatic carbocycles. The molecule has 0 unspecified atom stereocenters. The minimum absolute atomic E-state index is 0.0414. The predicted octanol–water partition coefficient (Wildman–Crippen LogP) is 3.35. The minimum atomic E-state index is -0.0414. The van der Waals surface area contributed by atoms with Gasteiger partial charge in [0.1, 0.15) is 5.75 Å². The molecule has 1 amide bonds. The first kappa shape index (κ1) is 21.6. The summed E-state index contributed by atoms with van der Waals surface area (Å²) in [6.45, 7) is 11.6. The van der Waals surface area contributed by atoms with Crippen molar-refractivity contribution in [3.63, 3.8) is 0 Å². The number of carbonyl (C=O) groups excluding carboxylic acids is 1. The molecule has 0 aliphatic carbocycles. The highest BCUT2D eigenvalue weighted by Gasteiger charge is 2.30. The molecule has 28 heavy (non-hydrogen) atoms. The Morgan fingerprint density at radius 2 is 1.86 bits per heavy atom. The van der Waals surface area contributed by atoms with E-state index in [9.17, 15) is 9.90 Å². The number of piperidine rings is 1. The Morgan fingerprint density at radius 1 is 1.18 bits per heavy atom. The molecule has 2 saturated heterocycles. The predicted molar refractivity (Wildman–Crippen MR) is 117 cm³/mol. The molecule has 0 bridgehead atoms. The average Bonchev–Trinajstić information content (AvgIpc) is 2.71. The van der Waals surface area contributed by atoms with E-state index in [2.05, 4.69) is 32.7 Å². The number of phenols is 1. The number of piperazine rings is 1. The van der Waals surface area contributed by atoms with E-state index in [1.165, 1.54) is 38.9 Å². The second-order valence-electron chi connectivity index (χ2n) is 8.33. The number of carbonyl (C=O) groups is 1. The third-order valence-corrected chi connectivity index (χ3v) is 6.85. The van der Waals surface area contributed by atoms with Gasteiger partial charge in [-0.25, -0.2) is 0 Å². The molecule has 1 aromatic rings. The van der Waals surface area contributed by atoms with Crippen LogP contribution in [0.1, 0.15) is 38.7 Å². The van der Waals surface area contributed by atoms with Crippen molar-refractivity contribution in [1.29, 1.82) is 0 Å². The second-order valence-corrected chi connectivity index (χ2v) is 9.18. The number of halogens is 1. The number of likely N-dealkylation sites (tertiary alicyclic amines) is 1. The van der Waals surface area contributed by atoms with E-state index in [0.717, 1.165) is 31.7 Å². The maximum absolute atomic E-state index is 12.9. The van der Waals surface area contributed by atoms with Gasteiger partial charge in [-0.05, 0) is 78.9 Å². The van der Waals surface area contributed by atoms with Gasteiger partial charge >= 0.3 is 0 Å². The van der Waals surface area contributed by atoms with E-state index in [1.54, 1.807) is 6.07 Å². The van der Waals surface area contributed by atoms with Crippen LogP contribution in [0.5, 0.6) is 5.75 Å². The Hall–Kier alpha value is -1.11. The lowest BCUT2D eigenvalue weighted by molar-refractivity contribution is -0.137. The molecular weight excluding hydrogens is 418 g/mol. The monoisotopic (exact) mass is 451 g/mol. The van der Waals surface area contributed by atoms with Crippen LogP contribution in [0.2, 0.25) is 0 Å². The molecule has 2 aliphatic heterocycles. The van der Waals surface area contributed by atoms with Crippen LogP contribution in [0.4, 0.5) is 0 Å². The van der Waals surface area contributed by atoms with E-state index >= 15 is 0 Å². The zero-order chi connectivity index (χ0) is 20.1. The summed E-state index contributed by atoms with van der Waals surface area (Å²) in [6.07, 6.45) is 4.47. The first-order valence-electron chi connectivity index (χ1n) is 10.7. The van der Waals surface area contributed by atoms with Crippen molar-refractivity contribution < 1.29 is 9.90 Å². The van der Waals surface area contributed by atoms with Crippen molar-refractivity contribution in [2.24, 2.45) is 5.92 Å². The van der Waals surface area contributed by atoms with Crippen molar-refractivity contribution in [1.82, 2.24) is 14.7 Å². The number of rotatable bonds is 6. The van der Waals surface area contributed by atoms with Gasteiger partial charge in [0.25, 0.3) is 0 Å². The summed E-state index contributed by atoms with van der Waals surface area (Å²) in [4.78, 5) is 20.1. The molecule has 0 saturated carbocycles. The van der Waals surface area contributed by atoms with E-state index in [1.807, 2.05) is 24.0 Å². The molecule has 1 N–H and O–H groups in total. The van der Waals surface area contributed by atoms with Crippen LogP contribution in [-0.4, -0.2) is 77.6 Å². The molecule has 156 valence electrons. The maximum Gasteiger partial charge on any atom is 0.225 e. The van der Waals surface area contributed by atoms with Gasteiger partial charge in [-0.2, -0.15) is 0 Å². The first-order chi connectivity index (χ1) is 13.5. The summed E-state index contributed by atoms with van der Waals surface area (Å²) >= 11 is 3.35. The SMILES string of the molecule is CCCN1CCC(N2CCN(C(=O)[C@H](C)Cc3ccc(O)c(Br)c3)CC2)CC1. The lowest BCUT2D eigenvalue weighted by Crippen LogP contribution is -2.55. The van der Waals surface area contributed by atoms with Gasteiger partial charge in [0.15, 0.2) is 0 Å². The molecule has 1 atom stereocenters. The van der Waals surface area contributed by atoms with E-state index < -0.39 is 0 Å². The van der Waals surface area contributed by atoms with Crippen LogP contribution in [0.25, 0.3) is 0 Å². The number of nitrogens with zero attached hydrogens (tertiary/aromatic N) is 3. The van der Waals surface area contributed by atoms with Gasteiger partial charge < -0.3 is 14.9 Å². The van der Waals surface area contributed by atoms with Crippen LogP contribution in [0.3, 0.4) is 0 Å². The number of hydrogen-bond donors (Lipinski definition) is 1. The van der Waals surface area contributed by atoms with Gasteiger partial charge in [0.05, 0.1) is 4.47 Å². The highest BCUT2D eigenvalue weighted by molar-refractivity contribution is 9.10. The minimum Gasteiger partial charge on any atom is -0.507 e. The van der Waals surface area contributed by atoms with E-state index in [-0.39, 0.29) is 17.6 Å². The molecule has 6 heteroatoms. The lowest BCUT2D eigenvalue weighted by Gasteiger charge is -2.43. The van der Waals surface area contributed by atoms with E-state index in [4.69, 9.17) is 0 Å². The molecule has 3 rings (SSSR count). The molecule has 2 heterocycles. The quantitative estimate of drug-likeness (QED) is 0.719.